The quantitative estimate of drug-likeness (QED) is 0.666. The number of nitrogens with one attached hydrogen (secondary N) is 1. The molecule has 5 rings (SSSR count). The van der Waals surface area contributed by atoms with Crippen LogP contribution in [-0.4, -0.2) is 51.6 Å². The first kappa shape index (κ1) is 21.7. The maximum absolute atomic E-state index is 12.1. The van der Waals surface area contributed by atoms with Gasteiger partial charge < -0.3 is 20.2 Å². The van der Waals surface area contributed by atoms with Gasteiger partial charge in [-0.05, 0) is 53.3 Å². The molecule has 0 bridgehead atoms. The van der Waals surface area contributed by atoms with E-state index in [4.69, 9.17) is 0 Å². The predicted octanol–water partition coefficient (Wildman–Crippen LogP) is 0.977. The summed E-state index contributed by atoms with van der Waals surface area (Å²) in [5.41, 5.74) is 3.31. The fourth-order valence-electron chi connectivity index (χ4n) is 4.97. The molecule has 1 saturated heterocycles. The molecule has 2 aliphatic heterocycles. The van der Waals surface area contributed by atoms with E-state index >= 15 is 0 Å². The maximum atomic E-state index is 12.1. The number of benzene rings is 1. The van der Waals surface area contributed by atoms with Crippen LogP contribution in [0.5, 0.6) is 5.75 Å². The number of fused-ring (bicyclic) bond motifs is 2. The van der Waals surface area contributed by atoms with Gasteiger partial charge in [-0.1, -0.05) is 25.7 Å². The molecule has 34 heavy (non-hydrogen) atoms. The molecule has 8 nitrogen and oxygen atoms in total. The van der Waals surface area contributed by atoms with Crippen LogP contribution >= 0.6 is 0 Å². The number of piperazine rings is 1. The number of hydrogen-bond donors (Lipinski definition) is 2. The second-order valence-corrected chi connectivity index (χ2v) is 8.92. The minimum Gasteiger partial charge on any atom is -0.508 e. The molecule has 3 heterocycles. The molecule has 2 N–H and O–H groups in total. The van der Waals surface area contributed by atoms with Crippen molar-refractivity contribution in [2.45, 2.75) is 25.4 Å². The minimum absolute atomic E-state index is 0.135. The number of phenols is 1. The summed E-state index contributed by atoms with van der Waals surface area (Å²) >= 11 is 0. The first-order chi connectivity index (χ1) is 16.5. The van der Waals surface area contributed by atoms with E-state index in [1.807, 2.05) is 23.2 Å². The van der Waals surface area contributed by atoms with Crippen LogP contribution in [-0.2, 0) is 11.2 Å². The van der Waals surface area contributed by atoms with Gasteiger partial charge in [0.2, 0.25) is 5.91 Å². The number of hydrogen-bond acceptors (Lipinski definition) is 7. The van der Waals surface area contributed by atoms with Gasteiger partial charge in [0, 0.05) is 19.3 Å². The van der Waals surface area contributed by atoms with Crippen LogP contribution < -0.4 is 20.8 Å². The molecule has 3 atom stereocenters. The molecular weight excluding hydrogens is 428 g/mol. The van der Waals surface area contributed by atoms with Crippen molar-refractivity contribution in [3.05, 3.63) is 64.4 Å². The molecule has 1 amide bonds. The molecule has 2 aromatic rings. The van der Waals surface area contributed by atoms with E-state index in [-0.39, 0.29) is 17.7 Å². The van der Waals surface area contributed by atoms with Gasteiger partial charge in [-0.2, -0.15) is 5.26 Å². The lowest BCUT2D eigenvalue weighted by molar-refractivity contribution is -0.127. The topological polar surface area (TPSA) is 105 Å². The summed E-state index contributed by atoms with van der Waals surface area (Å²) in [6.07, 6.45) is 11.9. The molecular formula is C26H26N6O2. The fourth-order valence-corrected chi connectivity index (χ4v) is 4.97. The second kappa shape index (κ2) is 8.67. The Balaban J connectivity index is 1.49. The highest BCUT2D eigenvalue weighted by atomic mass is 16.3. The molecule has 1 aromatic carbocycles. The van der Waals surface area contributed by atoms with E-state index < -0.39 is 6.04 Å². The Bertz CT molecular complexity index is 1360. The van der Waals surface area contributed by atoms with E-state index in [1.54, 1.807) is 4.90 Å². The zero-order valence-corrected chi connectivity index (χ0v) is 19.0. The van der Waals surface area contributed by atoms with Gasteiger partial charge >= 0.3 is 0 Å². The fraction of sp³-hybridized carbons (Fsp3) is 0.308. The maximum Gasteiger partial charge on any atom is 0.247 e. The van der Waals surface area contributed by atoms with E-state index in [9.17, 15) is 15.2 Å². The van der Waals surface area contributed by atoms with Gasteiger partial charge in [0.05, 0.1) is 29.2 Å². The first-order valence-electron chi connectivity index (χ1n) is 11.4. The summed E-state index contributed by atoms with van der Waals surface area (Å²) in [6, 6.07) is 5.15. The summed E-state index contributed by atoms with van der Waals surface area (Å²) in [4.78, 5) is 24.7. The number of rotatable bonds is 3. The van der Waals surface area contributed by atoms with Crippen LogP contribution in [0.25, 0.3) is 18.4 Å². The van der Waals surface area contributed by atoms with Crippen molar-refractivity contribution >= 4 is 30.1 Å². The third kappa shape index (κ3) is 3.79. The third-order valence-corrected chi connectivity index (χ3v) is 6.68. The lowest BCUT2D eigenvalue weighted by atomic mass is 9.84. The summed E-state index contributed by atoms with van der Waals surface area (Å²) in [5.74, 6) is 1.17. The normalized spacial score (nSPS) is 22.9. The molecule has 172 valence electrons. The number of nitrogens with zero attached hydrogens (tertiary/aromatic N) is 5. The van der Waals surface area contributed by atoms with Crippen molar-refractivity contribution in [1.82, 2.24) is 20.2 Å². The van der Waals surface area contributed by atoms with Crippen molar-refractivity contribution in [2.75, 3.05) is 24.5 Å². The molecule has 0 spiro atoms. The smallest absolute Gasteiger partial charge is 0.247 e. The lowest BCUT2D eigenvalue weighted by Crippen LogP contribution is -2.56. The van der Waals surface area contributed by atoms with E-state index in [0.717, 1.165) is 33.9 Å². The number of phenolic OH excluding ortho intramolecular Hbond substituents is 1. The van der Waals surface area contributed by atoms with E-state index in [0.29, 0.717) is 25.6 Å². The van der Waals surface area contributed by atoms with Crippen molar-refractivity contribution in [1.29, 1.82) is 5.26 Å². The van der Waals surface area contributed by atoms with Crippen LogP contribution in [0.4, 0.5) is 5.82 Å². The van der Waals surface area contributed by atoms with Crippen LogP contribution in [0, 0.1) is 17.2 Å². The van der Waals surface area contributed by atoms with Crippen LogP contribution in [0.3, 0.4) is 0 Å². The summed E-state index contributed by atoms with van der Waals surface area (Å²) in [6.45, 7) is 7.06. The zero-order valence-electron chi connectivity index (χ0n) is 19.0. The monoisotopic (exact) mass is 454 g/mol. The second-order valence-electron chi connectivity index (χ2n) is 8.92. The summed E-state index contributed by atoms with van der Waals surface area (Å²) in [5, 5.41) is 25.0. The van der Waals surface area contributed by atoms with Crippen molar-refractivity contribution in [2.24, 2.45) is 5.92 Å². The molecule has 1 fully saturated rings. The van der Waals surface area contributed by atoms with Gasteiger partial charge in [0.1, 0.15) is 23.9 Å². The van der Waals surface area contributed by atoms with Crippen LogP contribution in [0.1, 0.15) is 29.7 Å². The number of amides is 1. The third-order valence-electron chi connectivity index (χ3n) is 6.68. The van der Waals surface area contributed by atoms with Crippen molar-refractivity contribution in [3.8, 4) is 11.8 Å². The largest absolute Gasteiger partial charge is 0.508 e. The number of aromatic nitrogens is 2. The Morgan fingerprint density at radius 1 is 1.35 bits per heavy atom. The minimum atomic E-state index is -0.577. The molecule has 1 aromatic heterocycles. The molecule has 1 aliphatic carbocycles. The van der Waals surface area contributed by atoms with Gasteiger partial charge in [-0.3, -0.25) is 4.79 Å². The molecule has 0 radical (unpaired) electrons. The first-order valence-corrected chi connectivity index (χ1v) is 11.4. The van der Waals surface area contributed by atoms with E-state index in [2.05, 4.69) is 53.1 Å². The number of carbonyl (C=O) groups excluding carboxylic acids is 1. The van der Waals surface area contributed by atoms with Gasteiger partial charge in [-0.25, -0.2) is 9.97 Å². The average molecular weight is 455 g/mol. The Hall–Kier alpha value is -4.12. The van der Waals surface area contributed by atoms with Gasteiger partial charge in [0.15, 0.2) is 0 Å². The van der Waals surface area contributed by atoms with Gasteiger partial charge in [0.25, 0.3) is 0 Å². The lowest BCUT2D eigenvalue weighted by Gasteiger charge is -2.38. The standard InChI is InChI=1S/C26H26N6O2/c1-3-25(34)32-7-6-31(14-18(32)12-27)26-22-13-28-23(11-24(22)29-15-30-26)21-10-19(33)9-17-5-4-16(2)8-20(17)21/h3-5,9-11,13,15-16,18,23,28,33H,1,6-8,14H2,2H3/t16-,18?,23?/m1/s1. The Morgan fingerprint density at radius 3 is 3.00 bits per heavy atom. The zero-order chi connectivity index (χ0) is 23.8. The van der Waals surface area contributed by atoms with E-state index in [1.165, 1.54) is 18.0 Å². The van der Waals surface area contributed by atoms with Crippen LogP contribution in [0.2, 0.25) is 0 Å². The number of carbonyl (C=O) groups is 1. The van der Waals surface area contributed by atoms with Gasteiger partial charge in [-0.15, -0.1) is 0 Å². The average Bonchev–Trinajstić information content (AvgIpc) is 2.87. The number of nitriles is 1. The number of aromatic hydroxyl groups is 1. The molecule has 8 heteroatoms. The van der Waals surface area contributed by atoms with Crippen molar-refractivity contribution < 1.29 is 9.90 Å². The molecule has 3 aliphatic rings. The Morgan fingerprint density at radius 2 is 2.21 bits per heavy atom. The predicted molar refractivity (Wildman–Crippen MR) is 130 cm³/mol. The van der Waals surface area contributed by atoms with Crippen molar-refractivity contribution in [3.63, 3.8) is 0 Å². The highest BCUT2D eigenvalue weighted by Crippen LogP contribution is 2.33. The van der Waals surface area contributed by atoms with Crippen LogP contribution in [0.15, 0.2) is 37.2 Å². The summed E-state index contributed by atoms with van der Waals surface area (Å²) < 4.78 is 0. The molecule has 2 unspecified atom stereocenters. The Labute approximate surface area is 197 Å². The SMILES string of the molecule is C=CC(=O)N1CCN(c2ncnc3c2=CNC(c2cc(O)cc4c2C[C@H](C)C=C4)C=3)CC1C#N. The molecule has 0 saturated carbocycles. The number of anilines is 1. The number of allylic oxidation sites excluding steroid dienone is 1. The highest BCUT2D eigenvalue weighted by Gasteiger charge is 2.31. The highest BCUT2D eigenvalue weighted by molar-refractivity contribution is 5.87. The Kier molecular flexibility index (Phi) is 5.54. The summed E-state index contributed by atoms with van der Waals surface area (Å²) in [7, 11) is 0.